The number of hydrogen-bond donors (Lipinski definition) is 0. The summed E-state index contributed by atoms with van der Waals surface area (Å²) < 4.78 is 2.43. The first kappa shape index (κ1) is 16.8. The zero-order valence-corrected chi connectivity index (χ0v) is 16.1. The average molecular weight is 361 g/mol. The van der Waals surface area contributed by atoms with Crippen LogP contribution in [0.25, 0.3) is 33.3 Å². The largest absolute Gasteiger partial charge is 0.313 e. The van der Waals surface area contributed by atoms with Crippen molar-refractivity contribution in [1.29, 1.82) is 0 Å². The van der Waals surface area contributed by atoms with Gasteiger partial charge in [0.2, 0.25) is 0 Å². The zero-order chi connectivity index (χ0) is 18.9. The Morgan fingerprint density at radius 1 is 0.750 bits per heavy atom. The van der Waals surface area contributed by atoms with E-state index in [4.69, 9.17) is 0 Å². The second-order valence-corrected chi connectivity index (χ2v) is 7.39. The Bertz CT molecular complexity index is 1210. The van der Waals surface area contributed by atoms with Crippen molar-refractivity contribution in [2.24, 2.45) is 0 Å². The van der Waals surface area contributed by atoms with Crippen molar-refractivity contribution in [3.05, 3.63) is 108 Å². The molecule has 0 bridgehead atoms. The van der Waals surface area contributed by atoms with Gasteiger partial charge in [0.25, 0.3) is 0 Å². The van der Waals surface area contributed by atoms with Crippen LogP contribution in [0.3, 0.4) is 0 Å². The van der Waals surface area contributed by atoms with E-state index < -0.39 is 0 Å². The van der Waals surface area contributed by atoms with Crippen molar-refractivity contribution < 1.29 is 0 Å². The van der Waals surface area contributed by atoms with Crippen LogP contribution in [-0.2, 0) is 0 Å². The number of hydrogen-bond acceptors (Lipinski definition) is 0. The molecule has 0 N–H and O–H groups in total. The fourth-order valence-corrected chi connectivity index (χ4v) is 4.27. The van der Waals surface area contributed by atoms with E-state index in [1.807, 2.05) is 0 Å². The summed E-state index contributed by atoms with van der Waals surface area (Å²) in [6, 6.07) is 28.4. The van der Waals surface area contributed by atoms with E-state index in [0.29, 0.717) is 0 Å². The zero-order valence-electron chi connectivity index (χ0n) is 16.1. The summed E-state index contributed by atoms with van der Waals surface area (Å²) in [5.74, 6) is 0. The molecule has 0 aliphatic heterocycles. The van der Waals surface area contributed by atoms with Crippen molar-refractivity contribution in [3.63, 3.8) is 0 Å². The van der Waals surface area contributed by atoms with Crippen molar-refractivity contribution in [2.75, 3.05) is 0 Å². The van der Waals surface area contributed by atoms with Gasteiger partial charge in [-0.2, -0.15) is 0 Å². The number of benzene rings is 3. The molecule has 0 amide bonds. The maximum atomic E-state index is 2.43. The molecule has 0 saturated heterocycles. The first-order chi connectivity index (χ1) is 13.8. The molecule has 5 rings (SSSR count). The van der Waals surface area contributed by atoms with Crippen LogP contribution >= 0.6 is 0 Å². The molecule has 0 atom stereocenters. The van der Waals surface area contributed by atoms with E-state index in [9.17, 15) is 0 Å². The van der Waals surface area contributed by atoms with Gasteiger partial charge in [0.05, 0.1) is 11.2 Å². The predicted molar refractivity (Wildman–Crippen MR) is 120 cm³/mol. The SMILES string of the molecule is Cc1cc2ccccc2n1-c1c(C2=CCCC=C2)cccc1-c1ccccc1. The van der Waals surface area contributed by atoms with Crippen molar-refractivity contribution in [1.82, 2.24) is 4.57 Å². The molecular formula is C27H23N. The Balaban J connectivity index is 1.87. The molecule has 1 aliphatic rings. The number of para-hydroxylation sites is 2. The molecule has 0 saturated carbocycles. The number of aromatic nitrogens is 1. The van der Waals surface area contributed by atoms with Crippen LogP contribution in [0.15, 0.2) is 97.1 Å². The molecule has 4 aromatic rings. The second-order valence-electron chi connectivity index (χ2n) is 7.39. The lowest BCUT2D eigenvalue weighted by Gasteiger charge is -2.20. The van der Waals surface area contributed by atoms with Gasteiger partial charge < -0.3 is 4.57 Å². The van der Waals surface area contributed by atoms with Crippen molar-refractivity contribution in [2.45, 2.75) is 19.8 Å². The minimum atomic E-state index is 1.10. The van der Waals surface area contributed by atoms with Crippen LogP contribution in [0.2, 0.25) is 0 Å². The summed E-state index contributed by atoms with van der Waals surface area (Å²) in [7, 11) is 0. The van der Waals surface area contributed by atoms with E-state index in [2.05, 4.69) is 109 Å². The average Bonchev–Trinajstić information content (AvgIpc) is 3.10. The fourth-order valence-electron chi connectivity index (χ4n) is 4.27. The van der Waals surface area contributed by atoms with E-state index in [0.717, 1.165) is 12.8 Å². The quantitative estimate of drug-likeness (QED) is 0.360. The highest BCUT2D eigenvalue weighted by Crippen LogP contribution is 2.38. The van der Waals surface area contributed by atoms with Crippen LogP contribution in [0.5, 0.6) is 0 Å². The number of aryl methyl sites for hydroxylation is 1. The highest BCUT2D eigenvalue weighted by Gasteiger charge is 2.18. The molecule has 1 heteroatoms. The second kappa shape index (κ2) is 7.01. The monoisotopic (exact) mass is 361 g/mol. The molecule has 0 spiro atoms. The van der Waals surface area contributed by atoms with Gasteiger partial charge in [-0.3, -0.25) is 0 Å². The van der Waals surface area contributed by atoms with Crippen molar-refractivity contribution in [3.8, 4) is 16.8 Å². The molecule has 28 heavy (non-hydrogen) atoms. The molecule has 1 nitrogen and oxygen atoms in total. The molecule has 0 unspecified atom stereocenters. The number of fused-ring (bicyclic) bond motifs is 1. The summed E-state index contributed by atoms with van der Waals surface area (Å²) in [6.07, 6.45) is 9.16. The van der Waals surface area contributed by atoms with Gasteiger partial charge in [0.15, 0.2) is 0 Å². The third-order valence-corrected chi connectivity index (χ3v) is 5.55. The summed E-state index contributed by atoms with van der Waals surface area (Å²) in [5, 5.41) is 1.28. The smallest absolute Gasteiger partial charge is 0.0615 e. The number of rotatable bonds is 3. The Labute approximate surface area is 166 Å². The standard InChI is InChI=1S/C27H23N/c1-20-19-23-15-8-9-18-26(23)28(20)27-24(21-11-4-2-5-12-21)16-10-17-25(27)22-13-6-3-7-14-22/h2,4-6,8-19H,3,7H2,1H3. The van der Waals surface area contributed by atoms with Gasteiger partial charge >= 0.3 is 0 Å². The van der Waals surface area contributed by atoms with E-state index in [1.165, 1.54) is 44.5 Å². The molecular weight excluding hydrogens is 338 g/mol. The molecule has 0 radical (unpaired) electrons. The Morgan fingerprint density at radius 2 is 1.54 bits per heavy atom. The Hall–Kier alpha value is -3.32. The van der Waals surface area contributed by atoms with Crippen LogP contribution < -0.4 is 0 Å². The van der Waals surface area contributed by atoms with Gasteiger partial charge in [0, 0.05) is 22.2 Å². The molecule has 136 valence electrons. The predicted octanol–water partition coefficient (Wildman–Crippen LogP) is 7.34. The van der Waals surface area contributed by atoms with E-state index in [1.54, 1.807) is 0 Å². The highest BCUT2D eigenvalue weighted by molar-refractivity contribution is 5.91. The summed E-state index contributed by atoms with van der Waals surface area (Å²) in [4.78, 5) is 0. The van der Waals surface area contributed by atoms with Crippen molar-refractivity contribution >= 4 is 16.5 Å². The minimum Gasteiger partial charge on any atom is -0.313 e. The van der Waals surface area contributed by atoms with Gasteiger partial charge in [-0.1, -0.05) is 85.0 Å². The lowest BCUT2D eigenvalue weighted by atomic mass is 9.93. The third kappa shape index (κ3) is 2.80. The van der Waals surface area contributed by atoms with Gasteiger partial charge in [-0.05, 0) is 43.0 Å². The first-order valence-corrected chi connectivity index (χ1v) is 9.96. The lowest BCUT2D eigenvalue weighted by Crippen LogP contribution is -2.04. The number of allylic oxidation sites excluding steroid dienone is 4. The normalized spacial score (nSPS) is 13.7. The maximum Gasteiger partial charge on any atom is 0.0615 e. The fraction of sp³-hybridized carbons (Fsp3) is 0.111. The summed E-state index contributed by atoms with van der Waals surface area (Å²) in [5.41, 5.74) is 8.90. The van der Waals surface area contributed by atoms with Gasteiger partial charge in [0.1, 0.15) is 0 Å². The van der Waals surface area contributed by atoms with Crippen LogP contribution in [-0.4, -0.2) is 4.57 Å². The molecule has 3 aromatic carbocycles. The van der Waals surface area contributed by atoms with E-state index in [-0.39, 0.29) is 0 Å². The lowest BCUT2D eigenvalue weighted by molar-refractivity contribution is 1.03. The molecule has 0 fully saturated rings. The Kier molecular flexibility index (Phi) is 4.21. The molecule has 1 aliphatic carbocycles. The number of nitrogens with zero attached hydrogens (tertiary/aromatic N) is 1. The van der Waals surface area contributed by atoms with Crippen LogP contribution in [0, 0.1) is 6.92 Å². The van der Waals surface area contributed by atoms with Gasteiger partial charge in [-0.15, -0.1) is 0 Å². The molecule has 1 heterocycles. The Morgan fingerprint density at radius 3 is 2.36 bits per heavy atom. The third-order valence-electron chi connectivity index (χ3n) is 5.55. The minimum absolute atomic E-state index is 1.10. The summed E-state index contributed by atoms with van der Waals surface area (Å²) in [6.45, 7) is 2.21. The topological polar surface area (TPSA) is 4.93 Å². The molecule has 1 aromatic heterocycles. The maximum absolute atomic E-state index is 2.43. The highest BCUT2D eigenvalue weighted by atomic mass is 15.0. The van der Waals surface area contributed by atoms with Crippen LogP contribution in [0.4, 0.5) is 0 Å². The summed E-state index contributed by atoms with van der Waals surface area (Å²) >= 11 is 0. The van der Waals surface area contributed by atoms with E-state index >= 15 is 0 Å². The van der Waals surface area contributed by atoms with Gasteiger partial charge in [-0.25, -0.2) is 0 Å². The van der Waals surface area contributed by atoms with Crippen LogP contribution in [0.1, 0.15) is 24.1 Å². The first-order valence-electron chi connectivity index (χ1n) is 9.96.